The van der Waals surface area contributed by atoms with Crippen LogP contribution in [0.1, 0.15) is 27.3 Å². The molecule has 2 amide bonds. The minimum absolute atomic E-state index is 0.00782. The summed E-state index contributed by atoms with van der Waals surface area (Å²) in [6.07, 6.45) is 1.54. The molecule has 36 heavy (non-hydrogen) atoms. The van der Waals surface area contributed by atoms with Crippen LogP contribution in [0.3, 0.4) is 0 Å². The molecule has 0 aliphatic rings. The number of para-hydroxylation sites is 1. The number of carbonyl (C=O) groups is 2. The minimum atomic E-state index is -0.481. The van der Waals surface area contributed by atoms with Crippen LogP contribution in [0.2, 0.25) is 0 Å². The largest absolute Gasteiger partial charge is 0.463 e. The van der Waals surface area contributed by atoms with E-state index in [9.17, 15) is 14.0 Å². The number of amides is 2. The van der Waals surface area contributed by atoms with Crippen LogP contribution in [0, 0.1) is 19.7 Å². The number of pyridine rings is 1. The Bertz CT molecular complexity index is 1570. The Morgan fingerprint density at radius 2 is 1.78 bits per heavy atom. The number of nitrogens with zero attached hydrogens (tertiary/aromatic N) is 3. The smallest absolute Gasteiger partial charge is 0.270 e. The zero-order chi connectivity index (χ0) is 25.2. The second-order valence-electron chi connectivity index (χ2n) is 8.27. The van der Waals surface area contributed by atoms with E-state index in [-0.39, 0.29) is 12.2 Å². The van der Waals surface area contributed by atoms with Gasteiger partial charge < -0.3 is 4.42 Å². The number of halogens is 1. The van der Waals surface area contributed by atoms with E-state index in [0.29, 0.717) is 39.3 Å². The lowest BCUT2D eigenvalue weighted by atomic mass is 10.1. The molecule has 3 aromatic heterocycles. The molecule has 0 saturated heterocycles. The molecule has 8 nitrogen and oxygen atoms in total. The van der Waals surface area contributed by atoms with Crippen LogP contribution in [0.15, 0.2) is 77.4 Å². The van der Waals surface area contributed by atoms with Crippen molar-refractivity contribution in [3.05, 3.63) is 101 Å². The van der Waals surface area contributed by atoms with Crippen LogP contribution in [0.5, 0.6) is 0 Å². The van der Waals surface area contributed by atoms with Gasteiger partial charge in [0.2, 0.25) is 5.91 Å². The summed E-state index contributed by atoms with van der Waals surface area (Å²) in [5, 5.41) is 5.13. The Hall–Kier alpha value is -4.79. The van der Waals surface area contributed by atoms with Gasteiger partial charge in [-0.1, -0.05) is 18.2 Å². The van der Waals surface area contributed by atoms with Crippen LogP contribution < -0.4 is 10.9 Å². The van der Waals surface area contributed by atoms with Gasteiger partial charge in [0, 0.05) is 16.6 Å². The van der Waals surface area contributed by atoms with Gasteiger partial charge in [0.15, 0.2) is 5.76 Å². The molecule has 2 N–H and O–H groups in total. The number of rotatable bonds is 5. The van der Waals surface area contributed by atoms with Gasteiger partial charge >= 0.3 is 0 Å². The van der Waals surface area contributed by atoms with E-state index in [4.69, 9.17) is 4.42 Å². The highest BCUT2D eigenvalue weighted by Crippen LogP contribution is 2.25. The van der Waals surface area contributed by atoms with E-state index >= 15 is 0 Å². The van der Waals surface area contributed by atoms with Crippen molar-refractivity contribution in [2.75, 3.05) is 0 Å². The molecule has 0 saturated carbocycles. The summed E-state index contributed by atoms with van der Waals surface area (Å²) in [5.41, 5.74) is 9.31. The lowest BCUT2D eigenvalue weighted by molar-refractivity contribution is -0.121. The molecule has 0 aliphatic heterocycles. The Labute approximate surface area is 205 Å². The highest BCUT2D eigenvalue weighted by Gasteiger charge is 2.18. The molecule has 0 spiro atoms. The molecule has 180 valence electrons. The van der Waals surface area contributed by atoms with Gasteiger partial charge in [-0.3, -0.25) is 20.4 Å². The number of carbonyl (C=O) groups excluding carboxylic acids is 2. The number of aromatic nitrogens is 3. The molecular weight excluding hydrogens is 461 g/mol. The zero-order valence-corrected chi connectivity index (χ0v) is 19.6. The lowest BCUT2D eigenvalue weighted by Crippen LogP contribution is -2.42. The Morgan fingerprint density at radius 3 is 2.53 bits per heavy atom. The first-order chi connectivity index (χ1) is 17.4. The van der Waals surface area contributed by atoms with Crippen molar-refractivity contribution < 1.29 is 18.4 Å². The third kappa shape index (κ3) is 4.46. The van der Waals surface area contributed by atoms with Gasteiger partial charge in [-0.15, -0.1) is 0 Å². The number of nitrogens with one attached hydrogen (secondary N) is 2. The van der Waals surface area contributed by atoms with Crippen molar-refractivity contribution in [2.24, 2.45) is 0 Å². The Morgan fingerprint density at radius 1 is 1.00 bits per heavy atom. The van der Waals surface area contributed by atoms with Gasteiger partial charge in [0.05, 0.1) is 35.1 Å². The summed E-state index contributed by atoms with van der Waals surface area (Å²) >= 11 is 0. The number of benzene rings is 2. The minimum Gasteiger partial charge on any atom is -0.463 e. The number of fused-ring (bicyclic) bond motifs is 1. The summed E-state index contributed by atoms with van der Waals surface area (Å²) < 4.78 is 20.4. The molecule has 0 aliphatic carbocycles. The molecule has 5 rings (SSSR count). The van der Waals surface area contributed by atoms with Gasteiger partial charge in [0.1, 0.15) is 11.5 Å². The van der Waals surface area contributed by atoms with E-state index in [0.717, 1.165) is 11.3 Å². The average Bonchev–Trinajstić information content (AvgIpc) is 3.52. The lowest BCUT2D eigenvalue weighted by Gasteiger charge is -2.11. The second-order valence-corrected chi connectivity index (χ2v) is 8.27. The fraction of sp³-hybridized carbons (Fsp3) is 0.111. The van der Waals surface area contributed by atoms with Gasteiger partial charge in [-0.25, -0.2) is 14.1 Å². The first-order valence-electron chi connectivity index (χ1n) is 11.2. The molecule has 0 fully saturated rings. The van der Waals surface area contributed by atoms with Crippen molar-refractivity contribution >= 4 is 22.7 Å². The Balaban J connectivity index is 1.33. The summed E-state index contributed by atoms with van der Waals surface area (Å²) in [5.74, 6) is -0.695. The van der Waals surface area contributed by atoms with E-state index in [1.807, 2.05) is 25.1 Å². The van der Waals surface area contributed by atoms with Crippen LogP contribution in [0.25, 0.3) is 28.0 Å². The molecular formula is C27H22FN5O3. The maximum atomic E-state index is 13.3. The third-order valence-electron chi connectivity index (χ3n) is 5.90. The van der Waals surface area contributed by atoms with Gasteiger partial charge in [-0.2, -0.15) is 5.10 Å². The van der Waals surface area contributed by atoms with Crippen molar-refractivity contribution in [2.45, 2.75) is 20.3 Å². The normalized spacial score (nSPS) is 11.0. The van der Waals surface area contributed by atoms with E-state index in [2.05, 4.69) is 20.9 Å². The molecule has 2 aromatic carbocycles. The van der Waals surface area contributed by atoms with Crippen LogP contribution in [-0.4, -0.2) is 26.6 Å². The molecule has 0 bridgehead atoms. The number of hydrazine groups is 1. The fourth-order valence-corrected chi connectivity index (χ4v) is 4.08. The number of hydrogen-bond donors (Lipinski definition) is 2. The average molecular weight is 484 g/mol. The van der Waals surface area contributed by atoms with Gasteiger partial charge in [-0.05, 0) is 62.4 Å². The molecule has 0 atom stereocenters. The molecule has 9 heteroatoms. The van der Waals surface area contributed by atoms with Crippen LogP contribution in [-0.2, 0) is 11.2 Å². The van der Waals surface area contributed by atoms with Crippen LogP contribution >= 0.6 is 0 Å². The molecule has 5 aromatic rings. The SMILES string of the molecule is Cc1nn(-c2ccc(F)cc2)c(C)c1CC(=O)NNC(=O)c1cc(-c2ccco2)nc2ccccc12. The number of aryl methyl sites for hydroxylation is 1. The van der Waals surface area contributed by atoms with E-state index < -0.39 is 11.8 Å². The monoisotopic (exact) mass is 483 g/mol. The van der Waals surface area contributed by atoms with Crippen molar-refractivity contribution in [1.82, 2.24) is 25.6 Å². The summed E-state index contributed by atoms with van der Waals surface area (Å²) in [6, 6.07) is 18.3. The second kappa shape index (κ2) is 9.46. The van der Waals surface area contributed by atoms with Crippen molar-refractivity contribution in [3.8, 4) is 17.1 Å². The number of furan rings is 1. The topological polar surface area (TPSA) is 102 Å². The van der Waals surface area contributed by atoms with Crippen molar-refractivity contribution in [3.63, 3.8) is 0 Å². The maximum absolute atomic E-state index is 13.3. The first kappa shape index (κ1) is 23.0. The fourth-order valence-electron chi connectivity index (χ4n) is 4.08. The van der Waals surface area contributed by atoms with Crippen molar-refractivity contribution in [1.29, 1.82) is 0 Å². The standard InChI is InChI=1S/C27H22FN5O3/c1-16-21(17(2)33(32-16)19-11-9-18(28)10-12-19)15-26(34)30-31-27(35)22-14-24(25-8-5-13-36-25)29-23-7-4-3-6-20(22)23/h3-14H,15H2,1-2H3,(H,30,34)(H,31,35). The number of hydrogen-bond acceptors (Lipinski definition) is 5. The van der Waals surface area contributed by atoms with Gasteiger partial charge in [0.25, 0.3) is 5.91 Å². The molecule has 0 unspecified atom stereocenters. The van der Waals surface area contributed by atoms with E-state index in [1.54, 1.807) is 48.0 Å². The molecule has 3 heterocycles. The maximum Gasteiger partial charge on any atom is 0.270 e. The summed E-state index contributed by atoms with van der Waals surface area (Å²) in [4.78, 5) is 30.3. The molecule has 0 radical (unpaired) electrons. The predicted octanol–water partition coefficient (Wildman–Crippen LogP) is 4.44. The quantitative estimate of drug-likeness (QED) is 0.360. The zero-order valence-electron chi connectivity index (χ0n) is 19.6. The highest BCUT2D eigenvalue weighted by atomic mass is 19.1. The van der Waals surface area contributed by atoms with E-state index in [1.165, 1.54) is 18.4 Å². The third-order valence-corrected chi connectivity index (χ3v) is 5.90. The highest BCUT2D eigenvalue weighted by molar-refractivity contribution is 6.07. The summed E-state index contributed by atoms with van der Waals surface area (Å²) in [6.45, 7) is 3.64. The predicted molar refractivity (Wildman–Crippen MR) is 132 cm³/mol. The summed E-state index contributed by atoms with van der Waals surface area (Å²) in [7, 11) is 0. The van der Waals surface area contributed by atoms with Crippen LogP contribution in [0.4, 0.5) is 4.39 Å². The first-order valence-corrected chi connectivity index (χ1v) is 11.2. The Kier molecular flexibility index (Phi) is 6.03.